The number of aromatic amines is 1. The third-order valence-electron chi connectivity index (χ3n) is 7.58. The van der Waals surface area contributed by atoms with E-state index in [2.05, 4.69) is 21.8 Å². The van der Waals surface area contributed by atoms with Gasteiger partial charge in [-0.25, -0.2) is 9.37 Å². The number of methoxy groups -OCH3 is 1. The number of nitrogens with zero attached hydrogens (tertiary/aromatic N) is 2. The first-order chi connectivity index (χ1) is 13.7. The van der Waals surface area contributed by atoms with Gasteiger partial charge in [-0.05, 0) is 55.4 Å². The molecule has 3 N–H and O–H groups in total. The van der Waals surface area contributed by atoms with Crippen LogP contribution >= 0.6 is 0 Å². The van der Waals surface area contributed by atoms with Gasteiger partial charge in [-0.3, -0.25) is 4.90 Å². The Morgan fingerprint density at radius 3 is 2.66 bits per heavy atom. The highest BCUT2D eigenvalue weighted by molar-refractivity contribution is 5.82. The Balaban J connectivity index is 1.38. The van der Waals surface area contributed by atoms with Crippen molar-refractivity contribution in [2.75, 3.05) is 7.11 Å². The molecule has 2 aromatic heterocycles. The number of fused-ring (bicyclic) bond motifs is 1. The van der Waals surface area contributed by atoms with Gasteiger partial charge in [0.2, 0.25) is 0 Å². The molecule has 29 heavy (non-hydrogen) atoms. The van der Waals surface area contributed by atoms with Gasteiger partial charge in [0.25, 0.3) is 0 Å². The highest BCUT2D eigenvalue weighted by atomic mass is 19.1. The summed E-state index contributed by atoms with van der Waals surface area (Å²) in [6, 6.07) is 0.435. The summed E-state index contributed by atoms with van der Waals surface area (Å²) in [5, 5.41) is 22.5. The number of pyridine rings is 1. The van der Waals surface area contributed by atoms with Crippen molar-refractivity contribution in [1.29, 1.82) is 0 Å². The molecule has 0 radical (unpaired) electrons. The molecule has 7 heteroatoms. The SMILES string of the molecule is COc1cnc2[nH]cc(C(C)CC(O)N3C4CC5(C)CC3CC(O)(C4)C5)c2c1F. The topological polar surface area (TPSA) is 81.6 Å². The summed E-state index contributed by atoms with van der Waals surface area (Å²) < 4.78 is 19.9. The first-order valence-electron chi connectivity index (χ1n) is 10.6. The quantitative estimate of drug-likeness (QED) is 0.714. The van der Waals surface area contributed by atoms with Gasteiger partial charge >= 0.3 is 0 Å². The molecule has 2 saturated carbocycles. The van der Waals surface area contributed by atoms with E-state index < -0.39 is 17.6 Å². The Hall–Kier alpha value is -1.70. The maximum absolute atomic E-state index is 14.9. The molecule has 4 aliphatic rings. The number of halogens is 1. The molecule has 2 aliphatic heterocycles. The van der Waals surface area contributed by atoms with Crippen LogP contribution in [0.1, 0.15) is 63.9 Å². The number of H-pyrrole nitrogens is 1. The van der Waals surface area contributed by atoms with Gasteiger partial charge in [-0.15, -0.1) is 0 Å². The summed E-state index contributed by atoms with van der Waals surface area (Å²) in [5.74, 6) is -0.351. The van der Waals surface area contributed by atoms with Gasteiger partial charge in [0.15, 0.2) is 11.6 Å². The molecule has 0 aromatic carbocycles. The van der Waals surface area contributed by atoms with Gasteiger partial charge in [0, 0.05) is 18.3 Å². The normalized spacial score (nSPS) is 35.9. The van der Waals surface area contributed by atoms with Crippen LogP contribution in [0.2, 0.25) is 0 Å². The molecule has 2 saturated heterocycles. The second-order valence-electron chi connectivity index (χ2n) is 10.0. The molecule has 4 fully saturated rings. The van der Waals surface area contributed by atoms with Crippen molar-refractivity contribution < 1.29 is 19.3 Å². The van der Waals surface area contributed by atoms with Crippen LogP contribution in [0.5, 0.6) is 5.75 Å². The van der Waals surface area contributed by atoms with Crippen LogP contribution < -0.4 is 4.74 Å². The van der Waals surface area contributed by atoms with E-state index in [1.54, 1.807) is 6.20 Å². The highest BCUT2D eigenvalue weighted by Crippen LogP contribution is 2.58. The van der Waals surface area contributed by atoms with E-state index in [0.29, 0.717) is 17.5 Å². The van der Waals surface area contributed by atoms with Gasteiger partial charge in [-0.1, -0.05) is 13.8 Å². The highest BCUT2D eigenvalue weighted by Gasteiger charge is 2.59. The molecule has 4 bridgehead atoms. The van der Waals surface area contributed by atoms with Gasteiger partial charge in [0.05, 0.1) is 24.3 Å². The van der Waals surface area contributed by atoms with Gasteiger partial charge in [0.1, 0.15) is 11.9 Å². The van der Waals surface area contributed by atoms with Crippen LogP contribution in [-0.2, 0) is 0 Å². The Morgan fingerprint density at radius 2 is 2.03 bits per heavy atom. The van der Waals surface area contributed by atoms with Gasteiger partial charge in [-0.2, -0.15) is 0 Å². The Labute approximate surface area is 170 Å². The van der Waals surface area contributed by atoms with E-state index in [9.17, 15) is 14.6 Å². The third-order valence-corrected chi connectivity index (χ3v) is 7.58. The maximum Gasteiger partial charge on any atom is 0.177 e. The predicted octanol–water partition coefficient (Wildman–Crippen LogP) is 3.29. The van der Waals surface area contributed by atoms with E-state index in [1.807, 2.05) is 6.92 Å². The summed E-state index contributed by atoms with van der Waals surface area (Å²) >= 11 is 0. The van der Waals surface area contributed by atoms with Crippen LogP contribution in [0, 0.1) is 11.2 Å². The van der Waals surface area contributed by atoms with Crippen molar-refractivity contribution in [3.8, 4) is 5.75 Å². The molecule has 0 spiro atoms. The summed E-state index contributed by atoms with van der Waals surface area (Å²) in [6.45, 7) is 4.29. The number of hydrogen-bond donors (Lipinski definition) is 3. The number of nitrogens with one attached hydrogen (secondary N) is 1. The van der Waals surface area contributed by atoms with E-state index in [1.165, 1.54) is 13.3 Å². The molecule has 6 rings (SSSR count). The van der Waals surface area contributed by atoms with Crippen LogP contribution in [0.3, 0.4) is 0 Å². The number of piperidine rings is 2. The van der Waals surface area contributed by atoms with E-state index in [0.717, 1.165) is 37.7 Å². The zero-order chi connectivity index (χ0) is 20.6. The van der Waals surface area contributed by atoms with Crippen molar-refractivity contribution in [1.82, 2.24) is 14.9 Å². The largest absolute Gasteiger partial charge is 0.492 e. The molecule has 4 heterocycles. The second kappa shape index (κ2) is 6.40. The Kier molecular flexibility index (Phi) is 4.25. The fraction of sp³-hybridized carbons (Fsp3) is 0.682. The lowest BCUT2D eigenvalue weighted by molar-refractivity contribution is -0.221. The number of ether oxygens (including phenoxy) is 1. The van der Waals surface area contributed by atoms with Crippen LogP contribution in [0.4, 0.5) is 4.39 Å². The average Bonchev–Trinajstić information content (AvgIpc) is 3.04. The fourth-order valence-electron chi connectivity index (χ4n) is 6.77. The Morgan fingerprint density at radius 1 is 1.34 bits per heavy atom. The number of aromatic nitrogens is 2. The van der Waals surface area contributed by atoms with Crippen molar-refractivity contribution in [2.45, 2.75) is 82.2 Å². The summed E-state index contributed by atoms with van der Waals surface area (Å²) in [7, 11) is 1.43. The minimum absolute atomic E-state index is 0.0574. The summed E-state index contributed by atoms with van der Waals surface area (Å²) in [5.41, 5.74) is 0.915. The zero-order valence-corrected chi connectivity index (χ0v) is 17.3. The third kappa shape index (κ3) is 2.97. The molecule has 2 aliphatic carbocycles. The monoisotopic (exact) mass is 403 g/mol. The lowest BCUT2D eigenvalue weighted by atomic mass is 9.54. The number of rotatable bonds is 5. The Bertz CT molecular complexity index is 909. The van der Waals surface area contributed by atoms with Crippen molar-refractivity contribution >= 4 is 11.0 Å². The van der Waals surface area contributed by atoms with Crippen molar-refractivity contribution in [3.05, 3.63) is 23.8 Å². The lowest BCUT2D eigenvalue weighted by Gasteiger charge is -2.64. The first-order valence-corrected chi connectivity index (χ1v) is 10.6. The molecular formula is C22H30FN3O3. The number of aliphatic hydroxyl groups excluding tert-OH is 1. The van der Waals surface area contributed by atoms with Crippen LogP contribution in [-0.4, -0.2) is 56.1 Å². The van der Waals surface area contributed by atoms with E-state index in [4.69, 9.17) is 4.74 Å². The smallest absolute Gasteiger partial charge is 0.177 e. The fourth-order valence-corrected chi connectivity index (χ4v) is 6.77. The number of aliphatic hydroxyl groups is 2. The lowest BCUT2D eigenvalue weighted by Crippen LogP contribution is -2.69. The van der Waals surface area contributed by atoms with Crippen molar-refractivity contribution in [3.63, 3.8) is 0 Å². The summed E-state index contributed by atoms with van der Waals surface area (Å²) in [4.78, 5) is 9.51. The molecule has 0 amide bonds. The summed E-state index contributed by atoms with van der Waals surface area (Å²) in [6.07, 6.45) is 7.48. The molecule has 4 atom stereocenters. The standard InChI is InChI=1S/C22H30FN3O3/c1-12(15-9-24-20-18(15)19(23)16(29-3)10-25-20)4-17(27)26-13-5-21(2)6-14(26)8-22(28,7-13)11-21/h9-10,12-14,17,27-28H,4-8,11H2,1-3H3,(H,24,25). The first kappa shape index (κ1) is 19.3. The minimum atomic E-state index is -0.612. The van der Waals surface area contributed by atoms with Gasteiger partial charge < -0.3 is 19.9 Å². The second-order valence-corrected chi connectivity index (χ2v) is 10.0. The molecule has 6 nitrogen and oxygen atoms in total. The van der Waals surface area contributed by atoms with Crippen LogP contribution in [0.15, 0.2) is 12.4 Å². The van der Waals surface area contributed by atoms with E-state index in [-0.39, 0.29) is 29.2 Å². The molecule has 4 unspecified atom stereocenters. The molecular weight excluding hydrogens is 373 g/mol. The number of hydrogen-bond acceptors (Lipinski definition) is 5. The van der Waals surface area contributed by atoms with E-state index >= 15 is 0 Å². The predicted molar refractivity (Wildman–Crippen MR) is 107 cm³/mol. The minimum Gasteiger partial charge on any atom is -0.492 e. The van der Waals surface area contributed by atoms with Crippen LogP contribution in [0.25, 0.3) is 11.0 Å². The van der Waals surface area contributed by atoms with Crippen molar-refractivity contribution in [2.24, 2.45) is 5.41 Å². The average molecular weight is 403 g/mol. The molecule has 2 aromatic rings. The molecule has 158 valence electrons. The zero-order valence-electron chi connectivity index (χ0n) is 17.3. The maximum atomic E-state index is 14.9.